The van der Waals surface area contributed by atoms with E-state index in [1.54, 1.807) is 0 Å². The lowest BCUT2D eigenvalue weighted by Gasteiger charge is -2.16. The Morgan fingerprint density at radius 3 is 1.46 bits per heavy atom. The second kappa shape index (κ2) is 33.1. The monoisotopic (exact) mass is 577 g/mol. The second-order valence-electron chi connectivity index (χ2n) is 12.2. The highest BCUT2D eigenvalue weighted by atomic mass is 16.5. The van der Waals surface area contributed by atoms with Crippen LogP contribution in [0, 0.1) is 5.92 Å². The number of ether oxygens (including phenoxy) is 1. The van der Waals surface area contributed by atoms with E-state index in [1.165, 1.54) is 116 Å². The predicted octanol–water partition coefficient (Wildman–Crippen LogP) is 11.4. The van der Waals surface area contributed by atoms with Crippen LogP contribution in [0.3, 0.4) is 0 Å². The van der Waals surface area contributed by atoms with Gasteiger partial charge >= 0.3 is 5.97 Å². The summed E-state index contributed by atoms with van der Waals surface area (Å²) in [6.07, 6.45) is 38.9. The molecule has 240 valence electrons. The first-order chi connectivity index (χ1) is 20.2. The van der Waals surface area contributed by atoms with E-state index in [9.17, 15) is 14.4 Å². The smallest absolute Gasteiger partial charge is 0.305 e. The molecule has 0 rings (SSSR count). The highest BCUT2D eigenvalue weighted by Crippen LogP contribution is 2.22. The fourth-order valence-corrected chi connectivity index (χ4v) is 5.66. The van der Waals surface area contributed by atoms with Crippen LogP contribution in [0.4, 0.5) is 0 Å². The van der Waals surface area contributed by atoms with Gasteiger partial charge in [-0.2, -0.15) is 0 Å². The normalized spacial score (nSPS) is 12.1. The number of aldehydes is 1. The van der Waals surface area contributed by atoms with E-state index >= 15 is 0 Å². The first kappa shape index (κ1) is 39.5. The number of carbonyl (C=O) groups is 3. The van der Waals surface area contributed by atoms with E-state index in [0.717, 1.165) is 70.5 Å². The van der Waals surface area contributed by atoms with E-state index < -0.39 is 0 Å². The Kier molecular flexibility index (Phi) is 31.9. The van der Waals surface area contributed by atoms with E-state index in [1.807, 2.05) is 0 Å². The number of esters is 1. The Balaban J connectivity index is 3.93. The van der Waals surface area contributed by atoms with Crippen LogP contribution >= 0.6 is 0 Å². The third-order valence-corrected chi connectivity index (χ3v) is 8.43. The van der Waals surface area contributed by atoms with Crippen LogP contribution in [0.5, 0.6) is 0 Å². The topological polar surface area (TPSA) is 60.4 Å². The van der Waals surface area contributed by atoms with E-state index in [0.29, 0.717) is 18.6 Å². The number of rotatable bonds is 33. The Bertz CT molecular complexity index is 612. The van der Waals surface area contributed by atoms with Crippen molar-refractivity contribution in [3.63, 3.8) is 0 Å². The Morgan fingerprint density at radius 1 is 0.537 bits per heavy atom. The first-order valence-corrected chi connectivity index (χ1v) is 17.8. The summed E-state index contributed by atoms with van der Waals surface area (Å²) in [5, 5.41) is 0. The van der Waals surface area contributed by atoms with Gasteiger partial charge in [0.25, 0.3) is 0 Å². The van der Waals surface area contributed by atoms with E-state index in [2.05, 4.69) is 23.8 Å². The number of allylic oxidation sites excluding steroid dienone is 2. The van der Waals surface area contributed by atoms with Crippen LogP contribution in [0.25, 0.3) is 0 Å². The Labute approximate surface area is 255 Å². The van der Waals surface area contributed by atoms with Gasteiger partial charge < -0.3 is 9.53 Å². The summed E-state index contributed by atoms with van der Waals surface area (Å²) in [6, 6.07) is 0. The molecular formula is C37H68O4. The Morgan fingerprint density at radius 2 is 0.951 bits per heavy atom. The van der Waals surface area contributed by atoms with Crippen molar-refractivity contribution in [3.8, 4) is 0 Å². The molecule has 41 heavy (non-hydrogen) atoms. The van der Waals surface area contributed by atoms with Crippen molar-refractivity contribution in [1.29, 1.82) is 0 Å². The zero-order chi connectivity index (χ0) is 30.1. The summed E-state index contributed by atoms with van der Waals surface area (Å²) in [5.74, 6) is 0.611. The van der Waals surface area contributed by atoms with Crippen molar-refractivity contribution < 1.29 is 19.1 Å². The van der Waals surface area contributed by atoms with Gasteiger partial charge in [0.15, 0.2) is 0 Å². The fourth-order valence-electron chi connectivity index (χ4n) is 5.66. The third kappa shape index (κ3) is 29.8. The van der Waals surface area contributed by atoms with Crippen molar-refractivity contribution in [2.24, 2.45) is 5.92 Å². The molecule has 4 heteroatoms. The molecule has 0 fully saturated rings. The zero-order valence-corrected chi connectivity index (χ0v) is 27.4. The summed E-state index contributed by atoms with van der Waals surface area (Å²) in [5.41, 5.74) is 0. The summed E-state index contributed by atoms with van der Waals surface area (Å²) in [6.45, 7) is 2.27. The number of hydrogen-bond acceptors (Lipinski definition) is 4. The molecule has 0 spiro atoms. The minimum absolute atomic E-state index is 0.102. The molecule has 0 bridgehead atoms. The predicted molar refractivity (Wildman–Crippen MR) is 175 cm³/mol. The van der Waals surface area contributed by atoms with Crippen molar-refractivity contribution >= 4 is 18.0 Å². The van der Waals surface area contributed by atoms with Crippen molar-refractivity contribution in [2.45, 2.75) is 193 Å². The third-order valence-electron chi connectivity index (χ3n) is 8.43. The molecular weight excluding hydrogens is 508 g/mol. The van der Waals surface area contributed by atoms with Crippen LogP contribution in [0.2, 0.25) is 0 Å². The molecule has 0 saturated carbocycles. The van der Waals surface area contributed by atoms with Gasteiger partial charge in [0.05, 0.1) is 7.11 Å². The molecule has 0 aromatic carbocycles. The molecule has 0 N–H and O–H groups in total. The quantitative estimate of drug-likeness (QED) is 0.0337. The SMILES string of the molecule is CCCCCCCCC=CCCCCCCCC(=O)C(CCCCCC=O)CCCCCCCCCCC(=O)OC. The number of ketones is 1. The van der Waals surface area contributed by atoms with Crippen molar-refractivity contribution in [2.75, 3.05) is 7.11 Å². The summed E-state index contributed by atoms with van der Waals surface area (Å²) in [7, 11) is 1.45. The maximum Gasteiger partial charge on any atom is 0.305 e. The molecule has 1 unspecified atom stereocenters. The summed E-state index contributed by atoms with van der Waals surface area (Å²) >= 11 is 0. The van der Waals surface area contributed by atoms with Gasteiger partial charge in [-0.1, -0.05) is 128 Å². The fraction of sp³-hybridized carbons (Fsp3) is 0.865. The molecule has 0 amide bonds. The minimum Gasteiger partial charge on any atom is -0.469 e. The number of carbonyl (C=O) groups excluding carboxylic acids is 3. The molecule has 0 aliphatic rings. The van der Waals surface area contributed by atoms with Gasteiger partial charge in [-0.25, -0.2) is 0 Å². The lowest BCUT2D eigenvalue weighted by molar-refractivity contribution is -0.140. The van der Waals surface area contributed by atoms with Gasteiger partial charge in [-0.05, 0) is 57.8 Å². The van der Waals surface area contributed by atoms with Gasteiger partial charge in [0.1, 0.15) is 12.1 Å². The number of Topliss-reactive ketones (excluding diaryl/α,β-unsaturated/α-hetero) is 1. The molecule has 0 heterocycles. The van der Waals surface area contributed by atoms with Crippen LogP contribution in [-0.2, 0) is 19.1 Å². The maximum atomic E-state index is 13.0. The molecule has 1 atom stereocenters. The molecule has 0 aromatic heterocycles. The minimum atomic E-state index is -0.102. The highest BCUT2D eigenvalue weighted by molar-refractivity contribution is 5.80. The molecule has 0 aromatic rings. The zero-order valence-electron chi connectivity index (χ0n) is 27.4. The molecule has 0 aliphatic carbocycles. The van der Waals surface area contributed by atoms with Crippen LogP contribution in [-0.4, -0.2) is 25.1 Å². The first-order valence-electron chi connectivity index (χ1n) is 17.8. The second-order valence-corrected chi connectivity index (χ2v) is 12.2. The number of hydrogen-bond donors (Lipinski definition) is 0. The lowest BCUT2D eigenvalue weighted by Crippen LogP contribution is -2.14. The van der Waals surface area contributed by atoms with Crippen LogP contribution in [0.15, 0.2) is 12.2 Å². The number of unbranched alkanes of at least 4 members (excludes halogenated alkanes) is 21. The van der Waals surface area contributed by atoms with E-state index in [4.69, 9.17) is 0 Å². The van der Waals surface area contributed by atoms with Gasteiger partial charge in [-0.15, -0.1) is 0 Å². The van der Waals surface area contributed by atoms with Crippen LogP contribution in [0.1, 0.15) is 193 Å². The van der Waals surface area contributed by atoms with Crippen molar-refractivity contribution in [1.82, 2.24) is 0 Å². The molecule has 0 saturated heterocycles. The van der Waals surface area contributed by atoms with Gasteiger partial charge in [-0.3, -0.25) is 9.59 Å². The average molecular weight is 577 g/mol. The lowest BCUT2D eigenvalue weighted by atomic mass is 9.88. The summed E-state index contributed by atoms with van der Waals surface area (Å²) < 4.78 is 4.69. The summed E-state index contributed by atoms with van der Waals surface area (Å²) in [4.78, 5) is 34.8. The highest BCUT2D eigenvalue weighted by Gasteiger charge is 2.17. The Hall–Kier alpha value is -1.45. The maximum absolute atomic E-state index is 13.0. The van der Waals surface area contributed by atoms with Crippen molar-refractivity contribution in [3.05, 3.63) is 12.2 Å². The van der Waals surface area contributed by atoms with Crippen LogP contribution < -0.4 is 0 Å². The molecule has 0 aliphatic heterocycles. The molecule has 4 nitrogen and oxygen atoms in total. The number of methoxy groups -OCH3 is 1. The molecule has 0 radical (unpaired) electrons. The average Bonchev–Trinajstić information content (AvgIpc) is 2.98. The van der Waals surface area contributed by atoms with E-state index in [-0.39, 0.29) is 11.9 Å². The largest absolute Gasteiger partial charge is 0.469 e. The standard InChI is InChI=1S/C37H68O4/c1-3-4-5-6-7-8-9-10-11-12-13-14-18-21-27-32-36(39)35(31-26-23-24-29-34-38)30-25-20-17-15-16-19-22-28-33-37(40)41-2/h10-11,34-35H,3-9,12-33H2,1-2H3. The van der Waals surface area contributed by atoms with Gasteiger partial charge in [0, 0.05) is 25.2 Å². The van der Waals surface area contributed by atoms with Gasteiger partial charge in [0.2, 0.25) is 0 Å².